The Hall–Kier alpha value is -3.10. The molecule has 0 bridgehead atoms. The average molecular weight is 495 g/mol. The first-order valence-corrected chi connectivity index (χ1v) is 12.6. The van der Waals surface area contributed by atoms with Gasteiger partial charge in [-0.05, 0) is 30.2 Å². The maximum atomic E-state index is 13.6. The van der Waals surface area contributed by atoms with E-state index in [-0.39, 0.29) is 36.1 Å². The molecule has 2 aromatic rings. The number of aryl methyl sites for hydroxylation is 1. The predicted octanol–water partition coefficient (Wildman–Crippen LogP) is 3.63. The number of hydrazone groups is 1. The number of rotatable bonds is 8. The first kappa shape index (κ1) is 26.0. The van der Waals surface area contributed by atoms with E-state index in [1.165, 1.54) is 17.1 Å². The fourth-order valence-electron chi connectivity index (χ4n) is 4.56. The number of hydrogen-bond acceptors (Lipinski definition) is 5. The standard InChI is InChI=1S/C28H35FN4O3/c1-20(2)28(35)32(13-12-31-14-16-36-17-15-31)19-27(34)33-26(23-6-4-21(3)5-7-23)18-25(30-33)22-8-10-24(29)11-9-22/h4-11,20,26H,12-19H2,1-3H3/t26-/m0/s1. The van der Waals surface area contributed by atoms with Gasteiger partial charge < -0.3 is 9.64 Å². The fraction of sp³-hybridized carbons (Fsp3) is 0.464. The second kappa shape index (κ2) is 11.8. The van der Waals surface area contributed by atoms with Gasteiger partial charge in [0.15, 0.2) is 0 Å². The SMILES string of the molecule is Cc1ccc([C@@H]2CC(c3ccc(F)cc3)=NN2C(=O)CN(CCN2CCOCC2)C(=O)C(C)C)cc1. The van der Waals surface area contributed by atoms with Crippen LogP contribution >= 0.6 is 0 Å². The molecule has 2 aliphatic heterocycles. The smallest absolute Gasteiger partial charge is 0.262 e. The van der Waals surface area contributed by atoms with Crippen molar-refractivity contribution < 1.29 is 18.7 Å². The second-order valence-electron chi connectivity index (χ2n) is 9.79. The first-order valence-electron chi connectivity index (χ1n) is 12.6. The number of amides is 2. The third-order valence-electron chi connectivity index (χ3n) is 6.73. The molecule has 0 aliphatic carbocycles. The maximum absolute atomic E-state index is 13.6. The Morgan fingerprint density at radius 3 is 2.39 bits per heavy atom. The van der Waals surface area contributed by atoms with Gasteiger partial charge in [0, 0.05) is 38.5 Å². The molecule has 0 N–H and O–H groups in total. The largest absolute Gasteiger partial charge is 0.379 e. The van der Waals surface area contributed by atoms with Crippen LogP contribution in [-0.4, -0.2) is 78.3 Å². The molecule has 0 spiro atoms. The highest BCUT2D eigenvalue weighted by Crippen LogP contribution is 2.33. The normalized spacial score (nSPS) is 18.4. The molecule has 0 aromatic heterocycles. The number of halogens is 1. The second-order valence-corrected chi connectivity index (χ2v) is 9.79. The van der Waals surface area contributed by atoms with Gasteiger partial charge in [0.05, 0.1) is 25.0 Å². The van der Waals surface area contributed by atoms with Crippen molar-refractivity contribution in [2.45, 2.75) is 33.2 Å². The van der Waals surface area contributed by atoms with Crippen molar-refractivity contribution in [2.24, 2.45) is 11.0 Å². The Morgan fingerprint density at radius 2 is 1.75 bits per heavy atom. The van der Waals surface area contributed by atoms with Crippen LogP contribution in [0, 0.1) is 18.7 Å². The van der Waals surface area contributed by atoms with E-state index in [0.29, 0.717) is 32.7 Å². The van der Waals surface area contributed by atoms with E-state index in [1.54, 1.807) is 17.0 Å². The number of hydrogen-bond donors (Lipinski definition) is 0. The summed E-state index contributed by atoms with van der Waals surface area (Å²) in [7, 11) is 0. The zero-order chi connectivity index (χ0) is 25.7. The fourth-order valence-corrected chi connectivity index (χ4v) is 4.56. The highest BCUT2D eigenvalue weighted by molar-refractivity contribution is 6.03. The van der Waals surface area contributed by atoms with Crippen molar-refractivity contribution in [3.05, 3.63) is 71.0 Å². The Labute approximate surface area is 212 Å². The molecular weight excluding hydrogens is 459 g/mol. The Kier molecular flexibility index (Phi) is 8.48. The quantitative estimate of drug-likeness (QED) is 0.562. The average Bonchev–Trinajstić information content (AvgIpc) is 3.33. The molecule has 4 rings (SSSR count). The zero-order valence-electron chi connectivity index (χ0n) is 21.3. The monoisotopic (exact) mass is 494 g/mol. The van der Waals surface area contributed by atoms with Crippen LogP contribution in [0.2, 0.25) is 0 Å². The highest BCUT2D eigenvalue weighted by atomic mass is 19.1. The van der Waals surface area contributed by atoms with Crippen LogP contribution in [-0.2, 0) is 14.3 Å². The van der Waals surface area contributed by atoms with Gasteiger partial charge in [-0.3, -0.25) is 14.5 Å². The Bertz CT molecular complexity index is 1080. The maximum Gasteiger partial charge on any atom is 0.262 e. The predicted molar refractivity (Wildman–Crippen MR) is 137 cm³/mol. The molecule has 0 unspecified atom stereocenters. The number of carbonyl (C=O) groups is 2. The summed E-state index contributed by atoms with van der Waals surface area (Å²) in [6, 6.07) is 14.0. The summed E-state index contributed by atoms with van der Waals surface area (Å²) in [4.78, 5) is 30.6. The molecule has 0 saturated carbocycles. The molecule has 7 nitrogen and oxygen atoms in total. The molecule has 2 aromatic carbocycles. The lowest BCUT2D eigenvalue weighted by Gasteiger charge is -2.31. The van der Waals surface area contributed by atoms with Crippen LogP contribution in [0.4, 0.5) is 4.39 Å². The van der Waals surface area contributed by atoms with Crippen molar-refractivity contribution in [1.29, 1.82) is 0 Å². The molecule has 1 saturated heterocycles. The summed E-state index contributed by atoms with van der Waals surface area (Å²) in [5.74, 6) is -0.810. The van der Waals surface area contributed by atoms with Gasteiger partial charge in [-0.1, -0.05) is 55.8 Å². The highest BCUT2D eigenvalue weighted by Gasteiger charge is 2.34. The molecule has 0 radical (unpaired) electrons. The van der Waals surface area contributed by atoms with Gasteiger partial charge in [-0.15, -0.1) is 0 Å². The summed E-state index contributed by atoms with van der Waals surface area (Å²) < 4.78 is 18.9. The summed E-state index contributed by atoms with van der Waals surface area (Å²) in [6.07, 6.45) is 0.520. The molecule has 192 valence electrons. The Balaban J connectivity index is 1.55. The topological polar surface area (TPSA) is 65.5 Å². The number of carbonyl (C=O) groups excluding carboxylic acids is 2. The van der Waals surface area contributed by atoms with Crippen molar-refractivity contribution in [3.63, 3.8) is 0 Å². The van der Waals surface area contributed by atoms with E-state index in [2.05, 4.69) is 10.0 Å². The molecule has 1 fully saturated rings. The molecule has 2 aliphatic rings. The number of ether oxygens (including phenoxy) is 1. The zero-order valence-corrected chi connectivity index (χ0v) is 21.3. The van der Waals surface area contributed by atoms with Crippen LogP contribution in [0.1, 0.15) is 43.0 Å². The summed E-state index contributed by atoms with van der Waals surface area (Å²) >= 11 is 0. The van der Waals surface area contributed by atoms with E-state index >= 15 is 0 Å². The van der Waals surface area contributed by atoms with Crippen LogP contribution in [0.25, 0.3) is 0 Å². The molecule has 2 amide bonds. The number of nitrogens with zero attached hydrogens (tertiary/aromatic N) is 4. The number of benzene rings is 2. The summed E-state index contributed by atoms with van der Waals surface area (Å²) in [5, 5.41) is 6.20. The van der Waals surface area contributed by atoms with E-state index in [4.69, 9.17) is 4.74 Å². The van der Waals surface area contributed by atoms with Crippen LogP contribution < -0.4 is 0 Å². The molecular formula is C28H35FN4O3. The van der Waals surface area contributed by atoms with E-state index in [9.17, 15) is 14.0 Å². The van der Waals surface area contributed by atoms with Crippen LogP contribution in [0.3, 0.4) is 0 Å². The van der Waals surface area contributed by atoms with Crippen molar-refractivity contribution in [2.75, 3.05) is 45.9 Å². The minimum Gasteiger partial charge on any atom is -0.379 e. The third-order valence-corrected chi connectivity index (χ3v) is 6.73. The molecule has 36 heavy (non-hydrogen) atoms. The van der Waals surface area contributed by atoms with E-state index in [1.807, 2.05) is 45.0 Å². The first-order chi connectivity index (χ1) is 17.3. The minimum absolute atomic E-state index is 0.0378. The van der Waals surface area contributed by atoms with Gasteiger partial charge >= 0.3 is 0 Å². The van der Waals surface area contributed by atoms with Crippen molar-refractivity contribution in [3.8, 4) is 0 Å². The van der Waals surface area contributed by atoms with Crippen molar-refractivity contribution >= 4 is 17.5 Å². The van der Waals surface area contributed by atoms with Gasteiger partial charge in [-0.25, -0.2) is 9.40 Å². The van der Waals surface area contributed by atoms with Gasteiger partial charge in [0.25, 0.3) is 5.91 Å². The molecule has 1 atom stereocenters. The van der Waals surface area contributed by atoms with Crippen molar-refractivity contribution in [1.82, 2.24) is 14.8 Å². The van der Waals surface area contributed by atoms with E-state index in [0.717, 1.165) is 35.5 Å². The number of morpholine rings is 1. The lowest BCUT2D eigenvalue weighted by Crippen LogP contribution is -2.47. The lowest BCUT2D eigenvalue weighted by atomic mass is 9.97. The minimum atomic E-state index is -0.316. The van der Waals surface area contributed by atoms with Gasteiger partial charge in [0.2, 0.25) is 5.91 Å². The Morgan fingerprint density at radius 1 is 1.08 bits per heavy atom. The summed E-state index contributed by atoms with van der Waals surface area (Å²) in [5.41, 5.74) is 3.62. The molecule has 8 heteroatoms. The van der Waals surface area contributed by atoms with Gasteiger partial charge in [0.1, 0.15) is 12.4 Å². The summed E-state index contributed by atoms with van der Waals surface area (Å²) in [6.45, 7) is 9.87. The molecule has 2 heterocycles. The van der Waals surface area contributed by atoms with Crippen LogP contribution in [0.5, 0.6) is 0 Å². The van der Waals surface area contributed by atoms with Gasteiger partial charge in [-0.2, -0.15) is 5.10 Å². The van der Waals surface area contributed by atoms with E-state index < -0.39 is 0 Å². The van der Waals surface area contributed by atoms with Crippen LogP contribution in [0.15, 0.2) is 53.6 Å². The lowest BCUT2D eigenvalue weighted by molar-refractivity contribution is -0.143. The third kappa shape index (κ3) is 6.36.